The number of alkyl halides is 3. The Hall–Kier alpha value is -2.60. The van der Waals surface area contributed by atoms with Crippen LogP contribution >= 0.6 is 11.8 Å². The van der Waals surface area contributed by atoms with Crippen molar-refractivity contribution in [3.63, 3.8) is 0 Å². The van der Waals surface area contributed by atoms with Crippen molar-refractivity contribution < 1.29 is 42.2 Å². The number of nitrogens with zero attached hydrogens (tertiary/aromatic N) is 1. The van der Waals surface area contributed by atoms with Gasteiger partial charge in [0.1, 0.15) is 5.54 Å². The molecule has 0 radical (unpaired) electrons. The average Bonchev–Trinajstić information content (AvgIpc) is 3.30. The van der Waals surface area contributed by atoms with Gasteiger partial charge in [-0.2, -0.15) is 13.2 Å². The summed E-state index contributed by atoms with van der Waals surface area (Å²) >= 11 is 1.79. The first kappa shape index (κ1) is 30.6. The second kappa shape index (κ2) is 12.3. The summed E-state index contributed by atoms with van der Waals surface area (Å²) in [7, 11) is 1.34. The molecule has 37 heavy (non-hydrogen) atoms. The van der Waals surface area contributed by atoms with Crippen molar-refractivity contribution in [1.29, 1.82) is 0 Å². The average molecular weight is 547 g/mol. The third-order valence-corrected chi connectivity index (χ3v) is 7.51. The molecule has 2 saturated heterocycles. The molecular weight excluding hydrogens is 513 g/mol. The van der Waals surface area contributed by atoms with Crippen molar-refractivity contribution in [3.8, 4) is 0 Å². The second-order valence-corrected chi connectivity index (χ2v) is 10.5. The van der Waals surface area contributed by atoms with Crippen LogP contribution in [-0.2, 0) is 23.9 Å². The fraction of sp³-hybridized carbons (Fsp3) is 0.600. The topological polar surface area (TPSA) is 113 Å². The van der Waals surface area contributed by atoms with E-state index in [0.717, 1.165) is 17.7 Å². The number of thioether (sulfide) groups is 1. The number of hydrogen-bond donors (Lipinski definition) is 2. The maximum Gasteiger partial charge on any atom is 0.490 e. The summed E-state index contributed by atoms with van der Waals surface area (Å²) in [5.74, 6) is -3.88. The van der Waals surface area contributed by atoms with Gasteiger partial charge < -0.3 is 9.84 Å². The van der Waals surface area contributed by atoms with E-state index in [0.29, 0.717) is 13.0 Å². The number of methoxy groups -OCH3 is 1. The van der Waals surface area contributed by atoms with Gasteiger partial charge in [-0.3, -0.25) is 24.6 Å². The van der Waals surface area contributed by atoms with E-state index in [1.807, 2.05) is 38.1 Å². The minimum absolute atomic E-state index is 0.141. The summed E-state index contributed by atoms with van der Waals surface area (Å²) < 4.78 is 36.9. The molecule has 0 bridgehead atoms. The van der Waals surface area contributed by atoms with E-state index in [1.165, 1.54) is 16.9 Å². The summed E-state index contributed by atoms with van der Waals surface area (Å²) in [5.41, 5.74) is -0.288. The number of hydrogen-bond acceptors (Lipinski definition) is 7. The number of aliphatic carboxylic acids is 1. The minimum atomic E-state index is -5.08. The number of benzene rings is 1. The molecule has 206 valence electrons. The summed E-state index contributed by atoms with van der Waals surface area (Å²) in [5, 5.41) is 10.5. The zero-order valence-electron chi connectivity index (χ0n) is 21.4. The maximum absolute atomic E-state index is 13.2. The summed E-state index contributed by atoms with van der Waals surface area (Å²) in [6.45, 7) is 8.26. The SMILES string of the molecule is CCCSc1ccc(C2N[C@@](CC(C)C)(C(=O)OC)C3C(=O)N(CC)C(=O)C23)cc1.O=C(O)C(F)(F)F. The van der Waals surface area contributed by atoms with E-state index in [1.54, 1.807) is 18.7 Å². The smallest absolute Gasteiger partial charge is 0.475 e. The first-order valence-corrected chi connectivity index (χ1v) is 13.0. The molecule has 2 amide bonds. The predicted octanol–water partition coefficient (Wildman–Crippen LogP) is 4.05. The Labute approximate surface area is 218 Å². The van der Waals surface area contributed by atoms with Crippen molar-refractivity contribution >= 4 is 35.5 Å². The molecule has 1 aromatic rings. The molecular formula is C25H33F3N2O6S. The van der Waals surface area contributed by atoms with Crippen molar-refractivity contribution in [3.05, 3.63) is 29.8 Å². The Bertz CT molecular complexity index is 1000. The van der Waals surface area contributed by atoms with E-state index in [9.17, 15) is 27.6 Å². The van der Waals surface area contributed by atoms with Crippen LogP contribution in [0.15, 0.2) is 29.2 Å². The summed E-state index contributed by atoms with van der Waals surface area (Å²) in [4.78, 5) is 50.9. The van der Waals surface area contributed by atoms with Crippen LogP contribution in [0.1, 0.15) is 52.1 Å². The van der Waals surface area contributed by atoms with Gasteiger partial charge >= 0.3 is 18.1 Å². The van der Waals surface area contributed by atoms with Gasteiger partial charge in [0, 0.05) is 17.5 Å². The molecule has 2 N–H and O–H groups in total. The zero-order valence-corrected chi connectivity index (χ0v) is 22.2. The van der Waals surface area contributed by atoms with E-state index < -0.39 is 41.5 Å². The van der Waals surface area contributed by atoms with Crippen molar-refractivity contribution in [2.45, 2.75) is 63.2 Å². The Morgan fingerprint density at radius 3 is 2.16 bits per heavy atom. The molecule has 2 aliphatic heterocycles. The van der Waals surface area contributed by atoms with Gasteiger partial charge in [-0.25, -0.2) is 4.79 Å². The largest absolute Gasteiger partial charge is 0.490 e. The molecule has 2 heterocycles. The molecule has 3 unspecified atom stereocenters. The van der Waals surface area contributed by atoms with Crippen LogP contribution in [0.3, 0.4) is 0 Å². The number of carbonyl (C=O) groups excluding carboxylic acids is 3. The first-order valence-electron chi connectivity index (χ1n) is 12.0. The third kappa shape index (κ3) is 6.46. The molecule has 0 spiro atoms. The number of carboxylic acids is 1. The van der Waals surface area contributed by atoms with Crippen molar-refractivity contribution in [2.75, 3.05) is 19.4 Å². The number of ether oxygens (including phenoxy) is 1. The monoisotopic (exact) mass is 546 g/mol. The van der Waals surface area contributed by atoms with Crippen LogP contribution in [0.4, 0.5) is 13.2 Å². The zero-order chi connectivity index (χ0) is 28.1. The number of rotatable bonds is 8. The van der Waals surface area contributed by atoms with Crippen LogP contribution in [0.5, 0.6) is 0 Å². The molecule has 0 aromatic heterocycles. The van der Waals surface area contributed by atoms with Crippen LogP contribution in [-0.4, -0.2) is 64.9 Å². The number of amides is 2. The lowest BCUT2D eigenvalue weighted by atomic mass is 9.75. The maximum atomic E-state index is 13.2. The highest BCUT2D eigenvalue weighted by Gasteiger charge is 2.68. The van der Waals surface area contributed by atoms with Gasteiger partial charge in [-0.05, 0) is 49.1 Å². The fourth-order valence-corrected chi connectivity index (χ4v) is 5.71. The number of fused-ring (bicyclic) bond motifs is 1. The van der Waals surface area contributed by atoms with Gasteiger partial charge in [-0.1, -0.05) is 32.9 Å². The fourth-order valence-electron chi connectivity index (χ4n) is 4.94. The van der Waals surface area contributed by atoms with E-state index >= 15 is 0 Å². The lowest BCUT2D eigenvalue weighted by Crippen LogP contribution is -2.57. The second-order valence-electron chi connectivity index (χ2n) is 9.33. The van der Waals surface area contributed by atoms with Crippen LogP contribution < -0.4 is 5.32 Å². The molecule has 2 aliphatic rings. The molecule has 8 nitrogen and oxygen atoms in total. The lowest BCUT2D eigenvalue weighted by molar-refractivity contribution is -0.192. The molecule has 4 atom stereocenters. The normalized spacial score (nSPS) is 25.1. The van der Waals surface area contributed by atoms with E-state index in [4.69, 9.17) is 14.6 Å². The van der Waals surface area contributed by atoms with Gasteiger partial charge in [0.15, 0.2) is 0 Å². The highest BCUT2D eigenvalue weighted by molar-refractivity contribution is 7.99. The highest BCUT2D eigenvalue weighted by Crippen LogP contribution is 2.51. The Morgan fingerprint density at radius 2 is 1.73 bits per heavy atom. The first-order chi connectivity index (χ1) is 17.2. The molecule has 1 aromatic carbocycles. The number of nitrogens with one attached hydrogen (secondary N) is 1. The van der Waals surface area contributed by atoms with Gasteiger partial charge in [0.05, 0.1) is 18.9 Å². The van der Waals surface area contributed by atoms with Gasteiger partial charge in [-0.15, -0.1) is 11.8 Å². The quantitative estimate of drug-likeness (QED) is 0.285. The highest BCUT2D eigenvalue weighted by atomic mass is 32.2. The Balaban J connectivity index is 0.000000604. The Morgan fingerprint density at radius 1 is 1.16 bits per heavy atom. The van der Waals surface area contributed by atoms with E-state index in [2.05, 4.69) is 12.2 Å². The summed E-state index contributed by atoms with van der Waals surface area (Å²) in [6.07, 6.45) is -3.56. The van der Waals surface area contributed by atoms with Crippen LogP contribution in [0.25, 0.3) is 0 Å². The third-order valence-electron chi connectivity index (χ3n) is 6.30. The minimum Gasteiger partial charge on any atom is -0.475 e. The molecule has 2 fully saturated rings. The molecule has 3 rings (SSSR count). The van der Waals surface area contributed by atoms with Crippen molar-refractivity contribution in [1.82, 2.24) is 10.2 Å². The molecule has 0 saturated carbocycles. The summed E-state index contributed by atoms with van der Waals surface area (Å²) in [6, 6.07) is 7.69. The van der Waals surface area contributed by atoms with Crippen molar-refractivity contribution in [2.24, 2.45) is 17.8 Å². The number of esters is 1. The molecule has 0 aliphatic carbocycles. The number of carbonyl (C=O) groups is 4. The van der Waals surface area contributed by atoms with Crippen LogP contribution in [0.2, 0.25) is 0 Å². The van der Waals surface area contributed by atoms with Gasteiger partial charge in [0.2, 0.25) is 11.8 Å². The lowest BCUT2D eigenvalue weighted by Gasteiger charge is -2.33. The van der Waals surface area contributed by atoms with Gasteiger partial charge in [0.25, 0.3) is 0 Å². The number of imide groups is 1. The predicted molar refractivity (Wildman–Crippen MR) is 131 cm³/mol. The number of likely N-dealkylation sites (tertiary alicyclic amines) is 1. The van der Waals surface area contributed by atoms with Crippen LogP contribution in [0, 0.1) is 17.8 Å². The molecule has 12 heteroatoms. The number of halogens is 3. The number of carboxylic acid groups (broad SMARTS) is 1. The standard InChI is InChI=1S/C23H32N2O4S.C2HF3O2/c1-6-12-30-16-10-8-15(9-11-16)19-17-18(21(27)25(7-2)20(17)26)23(24-19,13-14(3)4)22(28)29-5;3-2(4,5)1(6)7/h8-11,14,17-19,24H,6-7,12-13H2,1-5H3;(H,6,7)/t17?,18?,19?,23-;/m1./s1. The Kier molecular flexibility index (Phi) is 10.2. The van der Waals surface area contributed by atoms with E-state index in [-0.39, 0.29) is 17.7 Å².